The Bertz CT molecular complexity index is 934. The summed E-state index contributed by atoms with van der Waals surface area (Å²) in [7, 11) is 3.81. The lowest BCUT2D eigenvalue weighted by atomic mass is 10.4. The summed E-state index contributed by atoms with van der Waals surface area (Å²) in [4.78, 5) is 5.89. The van der Waals surface area contributed by atoms with Crippen LogP contribution in [-0.4, -0.2) is 25.3 Å². The maximum absolute atomic E-state index is 6.14. The quantitative estimate of drug-likeness (QED) is 0.276. The Kier molecular flexibility index (Phi) is 8.59. The van der Waals surface area contributed by atoms with Gasteiger partial charge < -0.3 is 19.8 Å². The number of aryl methyl sites for hydroxylation is 1. The van der Waals surface area contributed by atoms with Crippen LogP contribution in [0.3, 0.4) is 0 Å². The molecular formula is C17H22Cl2IN7S. The van der Waals surface area contributed by atoms with Gasteiger partial charge in [-0.1, -0.05) is 29.3 Å². The number of guanidine groups is 1. The highest BCUT2D eigenvalue weighted by atomic mass is 127. The highest BCUT2D eigenvalue weighted by molar-refractivity contribution is 14.0. The summed E-state index contributed by atoms with van der Waals surface area (Å²) in [5, 5.41) is 18.0. The minimum atomic E-state index is 0. The molecule has 152 valence electrons. The zero-order valence-corrected chi connectivity index (χ0v) is 20.4. The normalized spacial score (nSPS) is 11.4. The van der Waals surface area contributed by atoms with Crippen molar-refractivity contribution >= 4 is 64.5 Å². The van der Waals surface area contributed by atoms with Crippen molar-refractivity contribution in [2.45, 2.75) is 26.6 Å². The molecule has 0 radical (unpaired) electrons. The van der Waals surface area contributed by atoms with Crippen molar-refractivity contribution in [1.29, 1.82) is 0 Å². The zero-order valence-electron chi connectivity index (χ0n) is 15.7. The van der Waals surface area contributed by atoms with Crippen molar-refractivity contribution in [3.8, 4) is 0 Å². The van der Waals surface area contributed by atoms with E-state index in [-0.39, 0.29) is 24.0 Å². The van der Waals surface area contributed by atoms with Crippen LogP contribution in [0.15, 0.2) is 28.6 Å². The SMILES string of the molecule is Cc1nnc(CNC(=NCc2cc(Cl)c(Cl)n2C)NCc2cccs2)n1C.I. The van der Waals surface area contributed by atoms with Crippen LogP contribution in [0.5, 0.6) is 0 Å². The van der Waals surface area contributed by atoms with E-state index in [1.807, 2.05) is 42.3 Å². The van der Waals surface area contributed by atoms with Crippen LogP contribution in [-0.2, 0) is 33.7 Å². The molecule has 2 N–H and O–H groups in total. The van der Waals surface area contributed by atoms with Crippen molar-refractivity contribution < 1.29 is 0 Å². The molecule has 28 heavy (non-hydrogen) atoms. The Morgan fingerprint density at radius 2 is 1.93 bits per heavy atom. The fourth-order valence-corrected chi connectivity index (χ4v) is 3.49. The van der Waals surface area contributed by atoms with E-state index in [0.717, 1.165) is 17.3 Å². The molecule has 3 rings (SSSR count). The van der Waals surface area contributed by atoms with Crippen LogP contribution in [0.4, 0.5) is 0 Å². The summed E-state index contributed by atoms with van der Waals surface area (Å²) >= 11 is 13.9. The van der Waals surface area contributed by atoms with Crippen LogP contribution in [0.25, 0.3) is 0 Å². The van der Waals surface area contributed by atoms with Gasteiger partial charge in [0.25, 0.3) is 0 Å². The number of aliphatic imine (C=N–C) groups is 1. The summed E-state index contributed by atoms with van der Waals surface area (Å²) in [5.74, 6) is 2.38. The first-order valence-corrected chi connectivity index (χ1v) is 9.98. The van der Waals surface area contributed by atoms with E-state index in [4.69, 9.17) is 23.2 Å². The van der Waals surface area contributed by atoms with Gasteiger partial charge in [0, 0.05) is 24.7 Å². The monoisotopic (exact) mass is 553 g/mol. The third-order valence-electron chi connectivity index (χ3n) is 4.22. The largest absolute Gasteiger partial charge is 0.351 e. The molecule has 3 heterocycles. The van der Waals surface area contributed by atoms with Crippen molar-refractivity contribution in [2.24, 2.45) is 19.1 Å². The second-order valence-corrected chi connectivity index (χ2v) is 7.80. The third-order valence-corrected chi connectivity index (χ3v) is 5.94. The molecule has 0 atom stereocenters. The van der Waals surface area contributed by atoms with E-state index in [1.54, 1.807) is 11.3 Å². The molecule has 0 saturated carbocycles. The minimum absolute atomic E-state index is 0. The number of hydrogen-bond donors (Lipinski definition) is 2. The Hall–Kier alpha value is -1.30. The standard InChI is InChI=1S/C17H21Cl2N7S.HI/c1-11-23-24-15(25(11)2)10-22-17(21-9-13-5-4-6-27-13)20-8-12-7-14(18)16(19)26(12)3;/h4-7H,8-10H2,1-3H3,(H2,20,21,22);1H. The van der Waals surface area contributed by atoms with E-state index >= 15 is 0 Å². The number of nitrogens with zero attached hydrogens (tertiary/aromatic N) is 5. The van der Waals surface area contributed by atoms with Crippen LogP contribution in [0.1, 0.15) is 22.2 Å². The number of nitrogens with one attached hydrogen (secondary N) is 2. The second kappa shape index (κ2) is 10.5. The van der Waals surface area contributed by atoms with Gasteiger partial charge in [0.05, 0.1) is 24.7 Å². The fourth-order valence-electron chi connectivity index (χ4n) is 2.43. The topological polar surface area (TPSA) is 72.1 Å². The van der Waals surface area contributed by atoms with Gasteiger partial charge in [0.15, 0.2) is 11.8 Å². The van der Waals surface area contributed by atoms with Gasteiger partial charge in [0.1, 0.15) is 11.0 Å². The molecule has 7 nitrogen and oxygen atoms in total. The van der Waals surface area contributed by atoms with Crippen molar-refractivity contribution in [3.63, 3.8) is 0 Å². The molecule has 0 aliphatic heterocycles. The molecular weight excluding hydrogens is 532 g/mol. The molecule has 3 aromatic heterocycles. The molecule has 0 aliphatic carbocycles. The van der Waals surface area contributed by atoms with Crippen LogP contribution in [0.2, 0.25) is 10.2 Å². The van der Waals surface area contributed by atoms with Gasteiger partial charge in [0.2, 0.25) is 0 Å². The maximum Gasteiger partial charge on any atom is 0.192 e. The fraction of sp³-hybridized carbons (Fsp3) is 0.353. The summed E-state index contributed by atoms with van der Waals surface area (Å²) in [6.45, 7) is 3.57. The number of halogens is 3. The van der Waals surface area contributed by atoms with Crippen LogP contribution < -0.4 is 10.6 Å². The summed E-state index contributed by atoms with van der Waals surface area (Å²) < 4.78 is 3.77. The van der Waals surface area contributed by atoms with E-state index < -0.39 is 0 Å². The van der Waals surface area contributed by atoms with Crippen LogP contribution >= 0.6 is 58.5 Å². The summed E-state index contributed by atoms with van der Waals surface area (Å²) in [6.07, 6.45) is 0. The maximum atomic E-state index is 6.14. The molecule has 0 spiro atoms. The molecule has 0 aliphatic rings. The summed E-state index contributed by atoms with van der Waals surface area (Å²) in [6, 6.07) is 5.94. The first-order chi connectivity index (χ1) is 13.0. The minimum Gasteiger partial charge on any atom is -0.351 e. The molecule has 0 unspecified atom stereocenters. The highest BCUT2D eigenvalue weighted by Gasteiger charge is 2.10. The molecule has 3 aromatic rings. The van der Waals surface area contributed by atoms with E-state index in [1.165, 1.54) is 4.88 Å². The van der Waals surface area contributed by atoms with Crippen molar-refractivity contribution in [2.75, 3.05) is 0 Å². The smallest absolute Gasteiger partial charge is 0.192 e. The van der Waals surface area contributed by atoms with E-state index in [0.29, 0.717) is 35.8 Å². The number of thiophene rings is 1. The van der Waals surface area contributed by atoms with Gasteiger partial charge in [-0.05, 0) is 24.4 Å². The Morgan fingerprint density at radius 1 is 1.18 bits per heavy atom. The van der Waals surface area contributed by atoms with Crippen LogP contribution in [0, 0.1) is 6.92 Å². The Balaban J connectivity index is 0.00000280. The highest BCUT2D eigenvalue weighted by Crippen LogP contribution is 2.25. The molecule has 0 aromatic carbocycles. The molecule has 0 saturated heterocycles. The molecule has 11 heteroatoms. The average molecular weight is 554 g/mol. The summed E-state index contributed by atoms with van der Waals surface area (Å²) in [5.41, 5.74) is 0.928. The predicted molar refractivity (Wildman–Crippen MR) is 126 cm³/mol. The van der Waals surface area contributed by atoms with E-state index in [2.05, 4.69) is 37.3 Å². The van der Waals surface area contributed by atoms with Gasteiger partial charge >= 0.3 is 0 Å². The van der Waals surface area contributed by atoms with Gasteiger partial charge in [-0.15, -0.1) is 45.5 Å². The number of hydrogen-bond acceptors (Lipinski definition) is 4. The van der Waals surface area contributed by atoms with Gasteiger partial charge in [-0.25, -0.2) is 4.99 Å². The molecule has 0 bridgehead atoms. The lowest BCUT2D eigenvalue weighted by Gasteiger charge is -2.12. The van der Waals surface area contributed by atoms with Crippen molar-refractivity contribution in [3.05, 3.63) is 56.0 Å². The second-order valence-electron chi connectivity index (χ2n) is 6.01. The zero-order chi connectivity index (χ0) is 19.4. The van der Waals surface area contributed by atoms with Gasteiger partial charge in [-0.3, -0.25) is 0 Å². The Morgan fingerprint density at radius 3 is 2.50 bits per heavy atom. The molecule has 0 amide bonds. The Labute approximate surface area is 195 Å². The predicted octanol–water partition coefficient (Wildman–Crippen LogP) is 3.88. The van der Waals surface area contributed by atoms with Gasteiger partial charge in [-0.2, -0.15) is 0 Å². The first kappa shape index (κ1) is 23.0. The third kappa shape index (κ3) is 5.62. The first-order valence-electron chi connectivity index (χ1n) is 8.34. The van der Waals surface area contributed by atoms with Crippen molar-refractivity contribution in [1.82, 2.24) is 30.0 Å². The molecule has 0 fully saturated rings. The lowest BCUT2D eigenvalue weighted by molar-refractivity contribution is 0.712. The number of rotatable bonds is 6. The number of aromatic nitrogens is 4. The lowest BCUT2D eigenvalue weighted by Crippen LogP contribution is -2.37. The average Bonchev–Trinajstić information content (AvgIpc) is 3.34. The van der Waals surface area contributed by atoms with E-state index in [9.17, 15) is 0 Å².